The van der Waals surface area contributed by atoms with Crippen LogP contribution in [0.5, 0.6) is 0 Å². The maximum absolute atomic E-state index is 10.4. The van der Waals surface area contributed by atoms with Crippen LogP contribution in [0.25, 0.3) is 0 Å². The zero-order valence-electron chi connectivity index (χ0n) is 9.50. The molecule has 0 saturated heterocycles. The molecule has 18 heavy (non-hydrogen) atoms. The highest BCUT2D eigenvalue weighted by Gasteiger charge is 2.05. The molecule has 0 fully saturated rings. The Morgan fingerprint density at radius 1 is 1.50 bits per heavy atom. The molecular formula is C10H12N4O3S. The zero-order valence-corrected chi connectivity index (χ0v) is 10.3. The fourth-order valence-corrected chi connectivity index (χ4v) is 2.09. The molecule has 2 rings (SSSR count). The van der Waals surface area contributed by atoms with Crippen LogP contribution >= 0.6 is 11.3 Å². The predicted octanol–water partition coefficient (Wildman–Crippen LogP) is 1.20. The number of nitrogens with one attached hydrogen (secondary N) is 1. The van der Waals surface area contributed by atoms with Gasteiger partial charge in [-0.1, -0.05) is 5.16 Å². The first-order valence-electron chi connectivity index (χ1n) is 5.39. The molecular weight excluding hydrogens is 256 g/mol. The third kappa shape index (κ3) is 3.81. The monoisotopic (exact) mass is 268 g/mol. The number of anilines is 1. The van der Waals surface area contributed by atoms with Gasteiger partial charge in [0.05, 0.1) is 12.1 Å². The van der Waals surface area contributed by atoms with Crippen LogP contribution in [-0.4, -0.2) is 32.7 Å². The van der Waals surface area contributed by atoms with Gasteiger partial charge in [-0.2, -0.15) is 4.98 Å². The van der Waals surface area contributed by atoms with Gasteiger partial charge in [0.1, 0.15) is 0 Å². The van der Waals surface area contributed by atoms with E-state index in [2.05, 4.69) is 20.4 Å². The van der Waals surface area contributed by atoms with Crippen LogP contribution in [0.1, 0.15) is 18.0 Å². The van der Waals surface area contributed by atoms with E-state index in [-0.39, 0.29) is 6.42 Å². The maximum atomic E-state index is 10.4. The van der Waals surface area contributed by atoms with E-state index >= 15 is 0 Å². The van der Waals surface area contributed by atoms with Gasteiger partial charge >= 0.3 is 5.97 Å². The number of carbonyl (C=O) groups is 1. The molecule has 0 unspecified atom stereocenters. The number of aliphatic carboxylic acids is 1. The summed E-state index contributed by atoms with van der Waals surface area (Å²) >= 11 is 1.46. The maximum Gasteiger partial charge on any atom is 0.303 e. The number of aryl methyl sites for hydroxylation is 1. The van der Waals surface area contributed by atoms with Crippen molar-refractivity contribution in [1.29, 1.82) is 0 Å². The minimum absolute atomic E-state index is 0.102. The van der Waals surface area contributed by atoms with E-state index in [9.17, 15) is 4.79 Å². The third-order valence-corrected chi connectivity index (χ3v) is 3.02. The Labute approximate surface area is 107 Å². The first kappa shape index (κ1) is 12.5. The molecule has 0 bridgehead atoms. The number of carboxylic acid groups (broad SMARTS) is 1. The second-order valence-electron chi connectivity index (χ2n) is 3.55. The molecule has 0 amide bonds. The zero-order chi connectivity index (χ0) is 12.8. The third-order valence-electron chi connectivity index (χ3n) is 2.17. The first-order valence-corrected chi connectivity index (χ1v) is 6.27. The highest BCUT2D eigenvalue weighted by atomic mass is 32.1. The van der Waals surface area contributed by atoms with Gasteiger partial charge in [0.15, 0.2) is 11.5 Å². The Morgan fingerprint density at radius 3 is 3.11 bits per heavy atom. The summed E-state index contributed by atoms with van der Waals surface area (Å²) in [4.78, 5) is 18.6. The number of aromatic nitrogens is 3. The molecule has 0 aliphatic heterocycles. The van der Waals surface area contributed by atoms with E-state index in [0.717, 1.165) is 10.8 Å². The average Bonchev–Trinajstić information content (AvgIpc) is 2.97. The molecule has 0 aliphatic carbocycles. The van der Waals surface area contributed by atoms with Crippen molar-refractivity contribution in [3.05, 3.63) is 23.3 Å². The number of nitrogens with zero attached hydrogens (tertiary/aromatic N) is 3. The van der Waals surface area contributed by atoms with Gasteiger partial charge in [-0.25, -0.2) is 4.98 Å². The predicted molar refractivity (Wildman–Crippen MR) is 64.6 cm³/mol. The van der Waals surface area contributed by atoms with E-state index in [1.807, 2.05) is 5.38 Å². The summed E-state index contributed by atoms with van der Waals surface area (Å²) in [6.45, 7) is 0.647. The molecule has 0 aromatic carbocycles. The number of carboxylic acids is 1. The lowest BCUT2D eigenvalue weighted by atomic mass is 10.2. The molecule has 2 aromatic rings. The molecule has 0 saturated carbocycles. The molecule has 0 spiro atoms. The highest BCUT2D eigenvalue weighted by molar-refractivity contribution is 7.13. The Kier molecular flexibility index (Phi) is 4.24. The normalized spacial score (nSPS) is 10.4. The summed E-state index contributed by atoms with van der Waals surface area (Å²) in [6.07, 6.45) is 2.55. The molecule has 2 N–H and O–H groups in total. The Bertz CT molecular complexity index is 497. The van der Waals surface area contributed by atoms with Crippen LogP contribution < -0.4 is 5.32 Å². The standard InChI is InChI=1S/C10H12N4O3S/c15-9(16)2-1-7-5-18-10(14-7)11-4-3-8-12-6-13-17-8/h5-6H,1-4H2,(H,11,14)(H,15,16). The van der Waals surface area contributed by atoms with Gasteiger partial charge < -0.3 is 14.9 Å². The van der Waals surface area contributed by atoms with Crippen LogP contribution in [0.15, 0.2) is 16.2 Å². The molecule has 0 aliphatic rings. The number of rotatable bonds is 7. The van der Waals surface area contributed by atoms with E-state index in [1.54, 1.807) is 0 Å². The van der Waals surface area contributed by atoms with Crippen molar-refractivity contribution in [3.63, 3.8) is 0 Å². The minimum Gasteiger partial charge on any atom is -0.481 e. The number of hydrogen-bond acceptors (Lipinski definition) is 7. The molecule has 2 heterocycles. The molecule has 0 radical (unpaired) electrons. The van der Waals surface area contributed by atoms with Gasteiger partial charge in [0.2, 0.25) is 5.89 Å². The van der Waals surface area contributed by atoms with Gasteiger partial charge in [0, 0.05) is 24.8 Å². The number of thiazole rings is 1. The van der Waals surface area contributed by atoms with Crippen molar-refractivity contribution in [2.75, 3.05) is 11.9 Å². The minimum atomic E-state index is -0.811. The molecule has 7 nitrogen and oxygen atoms in total. The van der Waals surface area contributed by atoms with Crippen LogP contribution in [0.3, 0.4) is 0 Å². The molecule has 0 atom stereocenters. The quantitative estimate of drug-likeness (QED) is 0.777. The van der Waals surface area contributed by atoms with Crippen LogP contribution in [0.4, 0.5) is 5.13 Å². The van der Waals surface area contributed by atoms with Crippen molar-refractivity contribution in [3.8, 4) is 0 Å². The van der Waals surface area contributed by atoms with Crippen molar-refractivity contribution in [2.45, 2.75) is 19.3 Å². The van der Waals surface area contributed by atoms with Gasteiger partial charge in [-0.15, -0.1) is 11.3 Å². The lowest BCUT2D eigenvalue weighted by Crippen LogP contribution is -2.05. The summed E-state index contributed by atoms with van der Waals surface area (Å²) in [6, 6.07) is 0. The van der Waals surface area contributed by atoms with Gasteiger partial charge in [0.25, 0.3) is 0 Å². The van der Waals surface area contributed by atoms with Crippen molar-refractivity contribution in [1.82, 2.24) is 15.1 Å². The SMILES string of the molecule is O=C(O)CCc1csc(NCCc2ncno2)n1. The summed E-state index contributed by atoms with van der Waals surface area (Å²) in [7, 11) is 0. The van der Waals surface area contributed by atoms with Crippen LogP contribution in [0, 0.1) is 0 Å². The van der Waals surface area contributed by atoms with Crippen LogP contribution in [0.2, 0.25) is 0 Å². The highest BCUT2D eigenvalue weighted by Crippen LogP contribution is 2.16. The Hall–Kier alpha value is -1.96. The summed E-state index contributed by atoms with van der Waals surface area (Å²) in [5, 5.41) is 17.8. The summed E-state index contributed by atoms with van der Waals surface area (Å²) in [5.41, 5.74) is 0.794. The van der Waals surface area contributed by atoms with Gasteiger partial charge in [-0.05, 0) is 0 Å². The lowest BCUT2D eigenvalue weighted by molar-refractivity contribution is -0.136. The fraction of sp³-hybridized carbons (Fsp3) is 0.400. The average molecular weight is 268 g/mol. The summed E-state index contributed by atoms with van der Waals surface area (Å²) < 4.78 is 4.86. The Balaban J connectivity index is 1.74. The second kappa shape index (κ2) is 6.10. The van der Waals surface area contributed by atoms with E-state index in [0.29, 0.717) is 25.3 Å². The first-order chi connectivity index (χ1) is 8.74. The molecule has 2 aromatic heterocycles. The van der Waals surface area contributed by atoms with Crippen molar-refractivity contribution in [2.24, 2.45) is 0 Å². The summed E-state index contributed by atoms with van der Waals surface area (Å²) in [5.74, 6) is -0.237. The lowest BCUT2D eigenvalue weighted by Gasteiger charge is -1.98. The molecule has 96 valence electrons. The second-order valence-corrected chi connectivity index (χ2v) is 4.41. The van der Waals surface area contributed by atoms with E-state index < -0.39 is 5.97 Å². The van der Waals surface area contributed by atoms with Crippen molar-refractivity contribution < 1.29 is 14.4 Å². The fourth-order valence-electron chi connectivity index (χ4n) is 1.32. The largest absolute Gasteiger partial charge is 0.481 e. The van der Waals surface area contributed by atoms with E-state index in [4.69, 9.17) is 9.63 Å². The van der Waals surface area contributed by atoms with Crippen molar-refractivity contribution >= 4 is 22.4 Å². The Morgan fingerprint density at radius 2 is 2.39 bits per heavy atom. The molecule has 8 heteroatoms. The topological polar surface area (TPSA) is 101 Å². The van der Waals surface area contributed by atoms with E-state index in [1.165, 1.54) is 17.7 Å². The van der Waals surface area contributed by atoms with Crippen LogP contribution in [-0.2, 0) is 17.6 Å². The van der Waals surface area contributed by atoms with Gasteiger partial charge in [-0.3, -0.25) is 4.79 Å². The smallest absolute Gasteiger partial charge is 0.303 e. The number of hydrogen-bond donors (Lipinski definition) is 2.